The van der Waals surface area contributed by atoms with E-state index in [1.807, 2.05) is 50.8 Å². The van der Waals surface area contributed by atoms with Gasteiger partial charge in [-0.1, -0.05) is 23.7 Å². The molecular weight excluding hydrogens is 262 g/mol. The lowest BCUT2D eigenvalue weighted by Gasteiger charge is -2.10. The molecule has 1 N–H and O–H groups in total. The topological polar surface area (TPSA) is 43.0 Å². The zero-order chi connectivity index (χ0) is 13.4. The number of aromatic nitrogens is 2. The van der Waals surface area contributed by atoms with Crippen molar-refractivity contribution >= 4 is 22.6 Å². The third-order valence-corrected chi connectivity index (χ3v) is 3.44. The lowest BCUT2D eigenvalue weighted by molar-refractivity contribution is 0.491. The Bertz CT molecular complexity index is 716. The number of benzene rings is 1. The quantitative estimate of drug-likeness (QED) is 0.799. The predicted molar refractivity (Wildman–Crippen MR) is 75.3 cm³/mol. The molecule has 1 unspecified atom stereocenters. The van der Waals surface area contributed by atoms with Crippen molar-refractivity contribution in [1.82, 2.24) is 15.1 Å². The number of aryl methyl sites for hydroxylation is 1. The maximum absolute atomic E-state index is 6.14. The fourth-order valence-corrected chi connectivity index (χ4v) is 2.47. The van der Waals surface area contributed by atoms with Gasteiger partial charge in [0.2, 0.25) is 0 Å². The Labute approximate surface area is 116 Å². The van der Waals surface area contributed by atoms with E-state index in [9.17, 15) is 0 Å². The highest BCUT2D eigenvalue weighted by Crippen LogP contribution is 2.31. The van der Waals surface area contributed by atoms with Gasteiger partial charge in [-0.25, -0.2) is 0 Å². The molecule has 0 radical (unpaired) electrons. The van der Waals surface area contributed by atoms with Crippen LogP contribution >= 0.6 is 11.6 Å². The van der Waals surface area contributed by atoms with Gasteiger partial charge in [0.15, 0.2) is 5.58 Å². The maximum Gasteiger partial charge on any atom is 0.152 e. The molecule has 0 spiro atoms. The minimum Gasteiger partial charge on any atom is -0.457 e. The van der Waals surface area contributed by atoms with Crippen LogP contribution in [0.5, 0.6) is 0 Å². The summed E-state index contributed by atoms with van der Waals surface area (Å²) in [6.45, 7) is 0. The lowest BCUT2D eigenvalue weighted by atomic mass is 10.1. The van der Waals surface area contributed by atoms with E-state index < -0.39 is 0 Å². The van der Waals surface area contributed by atoms with Gasteiger partial charge in [-0.05, 0) is 19.2 Å². The van der Waals surface area contributed by atoms with Gasteiger partial charge in [0.1, 0.15) is 5.76 Å². The van der Waals surface area contributed by atoms with Crippen LogP contribution in [-0.2, 0) is 7.05 Å². The lowest BCUT2D eigenvalue weighted by Crippen LogP contribution is -2.16. The first-order valence-electron chi connectivity index (χ1n) is 6.03. The number of hydrogen-bond acceptors (Lipinski definition) is 3. The molecule has 0 saturated carbocycles. The molecule has 2 heterocycles. The van der Waals surface area contributed by atoms with Crippen LogP contribution in [0.1, 0.15) is 17.4 Å². The molecule has 2 aromatic heterocycles. The van der Waals surface area contributed by atoms with Gasteiger partial charge in [-0.15, -0.1) is 0 Å². The first-order valence-corrected chi connectivity index (χ1v) is 6.40. The average molecular weight is 276 g/mol. The number of halogens is 1. The fraction of sp³-hybridized carbons (Fsp3) is 0.214. The van der Waals surface area contributed by atoms with E-state index in [1.54, 1.807) is 4.68 Å². The molecule has 0 amide bonds. The highest BCUT2D eigenvalue weighted by molar-refractivity contribution is 6.34. The zero-order valence-corrected chi connectivity index (χ0v) is 11.5. The summed E-state index contributed by atoms with van der Waals surface area (Å²) in [7, 11) is 3.79. The third-order valence-electron chi connectivity index (χ3n) is 3.15. The van der Waals surface area contributed by atoms with Crippen molar-refractivity contribution in [2.75, 3.05) is 7.05 Å². The Morgan fingerprint density at radius 1 is 1.42 bits per heavy atom. The summed E-state index contributed by atoms with van der Waals surface area (Å²) in [5.41, 5.74) is 1.78. The Morgan fingerprint density at radius 3 is 2.89 bits per heavy atom. The SMILES string of the molecule is CNC(c1cnn(C)c1)c1cc2cccc(Cl)c2o1. The van der Waals surface area contributed by atoms with Gasteiger partial charge in [-0.2, -0.15) is 5.10 Å². The minimum atomic E-state index is -0.0304. The molecule has 19 heavy (non-hydrogen) atoms. The molecule has 3 aromatic rings. The summed E-state index contributed by atoms with van der Waals surface area (Å²) in [4.78, 5) is 0. The Balaban J connectivity index is 2.09. The monoisotopic (exact) mass is 275 g/mol. The van der Waals surface area contributed by atoms with Crippen molar-refractivity contribution in [3.05, 3.63) is 53.0 Å². The van der Waals surface area contributed by atoms with Crippen molar-refractivity contribution in [3.8, 4) is 0 Å². The molecule has 98 valence electrons. The van der Waals surface area contributed by atoms with Gasteiger partial charge in [0, 0.05) is 24.2 Å². The number of rotatable bonds is 3. The summed E-state index contributed by atoms with van der Waals surface area (Å²) in [5, 5.41) is 9.07. The second-order valence-electron chi connectivity index (χ2n) is 4.48. The summed E-state index contributed by atoms with van der Waals surface area (Å²) >= 11 is 6.14. The van der Waals surface area contributed by atoms with E-state index >= 15 is 0 Å². The smallest absolute Gasteiger partial charge is 0.152 e. The maximum atomic E-state index is 6.14. The van der Waals surface area contributed by atoms with E-state index in [2.05, 4.69) is 10.4 Å². The van der Waals surface area contributed by atoms with E-state index in [0.29, 0.717) is 5.02 Å². The number of para-hydroxylation sites is 1. The number of nitrogens with zero attached hydrogens (tertiary/aromatic N) is 2. The average Bonchev–Trinajstić information content (AvgIpc) is 2.98. The molecule has 5 heteroatoms. The Morgan fingerprint density at radius 2 is 2.26 bits per heavy atom. The number of nitrogens with one attached hydrogen (secondary N) is 1. The van der Waals surface area contributed by atoms with Crippen molar-refractivity contribution in [3.63, 3.8) is 0 Å². The van der Waals surface area contributed by atoms with Gasteiger partial charge < -0.3 is 9.73 Å². The van der Waals surface area contributed by atoms with Crippen LogP contribution in [0.2, 0.25) is 5.02 Å². The second kappa shape index (κ2) is 4.72. The van der Waals surface area contributed by atoms with Gasteiger partial charge in [-0.3, -0.25) is 4.68 Å². The van der Waals surface area contributed by atoms with Crippen LogP contribution in [0, 0.1) is 0 Å². The second-order valence-corrected chi connectivity index (χ2v) is 4.88. The molecule has 0 aliphatic rings. The largest absolute Gasteiger partial charge is 0.457 e. The highest BCUT2D eigenvalue weighted by atomic mass is 35.5. The van der Waals surface area contributed by atoms with Crippen LogP contribution in [0.15, 0.2) is 41.1 Å². The van der Waals surface area contributed by atoms with Crippen LogP contribution in [0.4, 0.5) is 0 Å². The van der Waals surface area contributed by atoms with Crippen molar-refractivity contribution in [2.24, 2.45) is 7.05 Å². The standard InChI is InChI=1S/C14H14ClN3O/c1-16-13(10-7-17-18(2)8-10)12-6-9-4-3-5-11(15)14(9)19-12/h3-8,13,16H,1-2H3. The Hall–Kier alpha value is -1.78. The van der Waals surface area contributed by atoms with Crippen molar-refractivity contribution < 1.29 is 4.42 Å². The number of hydrogen-bond donors (Lipinski definition) is 1. The summed E-state index contributed by atoms with van der Waals surface area (Å²) in [5.74, 6) is 0.832. The number of furan rings is 1. The number of fused-ring (bicyclic) bond motifs is 1. The molecule has 4 nitrogen and oxygen atoms in total. The molecule has 1 aromatic carbocycles. The predicted octanol–water partition coefficient (Wildman–Crippen LogP) is 3.13. The first-order chi connectivity index (χ1) is 9.19. The van der Waals surface area contributed by atoms with Crippen LogP contribution < -0.4 is 5.32 Å². The van der Waals surface area contributed by atoms with Crippen LogP contribution in [-0.4, -0.2) is 16.8 Å². The first kappa shape index (κ1) is 12.3. The van der Waals surface area contributed by atoms with E-state index in [0.717, 1.165) is 22.3 Å². The highest BCUT2D eigenvalue weighted by Gasteiger charge is 2.18. The van der Waals surface area contributed by atoms with Crippen molar-refractivity contribution in [2.45, 2.75) is 6.04 Å². The fourth-order valence-electron chi connectivity index (χ4n) is 2.25. The summed E-state index contributed by atoms with van der Waals surface area (Å²) in [6.07, 6.45) is 3.80. The molecule has 0 saturated heterocycles. The normalized spacial score (nSPS) is 13.0. The van der Waals surface area contributed by atoms with E-state index in [-0.39, 0.29) is 6.04 Å². The third kappa shape index (κ3) is 2.13. The van der Waals surface area contributed by atoms with Gasteiger partial charge in [0.25, 0.3) is 0 Å². The molecule has 1 atom stereocenters. The molecular formula is C14H14ClN3O. The van der Waals surface area contributed by atoms with Gasteiger partial charge in [0.05, 0.1) is 17.3 Å². The molecule has 0 aliphatic heterocycles. The zero-order valence-electron chi connectivity index (χ0n) is 10.7. The Kier molecular flexibility index (Phi) is 3.05. The van der Waals surface area contributed by atoms with Crippen LogP contribution in [0.25, 0.3) is 11.0 Å². The molecule has 0 aliphatic carbocycles. The summed E-state index contributed by atoms with van der Waals surface area (Å²) in [6, 6.07) is 7.72. The minimum absolute atomic E-state index is 0.0304. The molecule has 3 rings (SSSR count). The van der Waals surface area contributed by atoms with Crippen LogP contribution in [0.3, 0.4) is 0 Å². The van der Waals surface area contributed by atoms with E-state index in [4.69, 9.17) is 16.0 Å². The van der Waals surface area contributed by atoms with Gasteiger partial charge >= 0.3 is 0 Å². The summed E-state index contributed by atoms with van der Waals surface area (Å²) < 4.78 is 7.66. The van der Waals surface area contributed by atoms with E-state index in [1.165, 1.54) is 0 Å². The molecule has 0 fully saturated rings. The van der Waals surface area contributed by atoms with Crippen molar-refractivity contribution in [1.29, 1.82) is 0 Å². The molecule has 0 bridgehead atoms.